The molecule has 1 aromatic heterocycles. The molecule has 0 fully saturated rings. The smallest absolute Gasteiger partial charge is 0.226 e. The average molecular weight is 324 g/mol. The van der Waals surface area contributed by atoms with E-state index in [1.54, 1.807) is 0 Å². The van der Waals surface area contributed by atoms with Gasteiger partial charge in [0, 0.05) is 10.4 Å². The van der Waals surface area contributed by atoms with E-state index in [4.69, 9.17) is 17.3 Å². The van der Waals surface area contributed by atoms with Gasteiger partial charge in [0.2, 0.25) is 5.91 Å². The monoisotopic (exact) mass is 323 g/mol. The molecule has 1 unspecified atom stereocenters. The lowest BCUT2D eigenvalue weighted by atomic mass is 9.96. The summed E-state index contributed by atoms with van der Waals surface area (Å²) in [4.78, 5) is 16.3. The normalized spacial score (nSPS) is 12.4. The van der Waals surface area contributed by atoms with Gasteiger partial charge in [-0.25, -0.2) is 4.98 Å². The number of nitrogens with two attached hydrogens (primary N) is 1. The van der Waals surface area contributed by atoms with Gasteiger partial charge in [-0.05, 0) is 23.6 Å². The van der Waals surface area contributed by atoms with Crippen LogP contribution in [0.25, 0.3) is 0 Å². The minimum Gasteiger partial charge on any atom is -0.375 e. The zero-order chi connectivity index (χ0) is 15.4. The number of amides is 1. The van der Waals surface area contributed by atoms with Crippen molar-refractivity contribution < 1.29 is 4.79 Å². The summed E-state index contributed by atoms with van der Waals surface area (Å²) in [6.45, 7) is 4.14. The molecular formula is C15H18ClN3OS. The molecule has 6 heteroatoms. The SMILES string of the molecule is CC(C)C(NC(=O)Cc1csc(N)n1)c1ccc(Cl)cc1. The Labute approximate surface area is 133 Å². The summed E-state index contributed by atoms with van der Waals surface area (Å²) in [7, 11) is 0. The Morgan fingerprint density at radius 2 is 2.05 bits per heavy atom. The number of thiazole rings is 1. The number of hydrogen-bond acceptors (Lipinski definition) is 4. The van der Waals surface area contributed by atoms with Crippen LogP contribution in [0.15, 0.2) is 29.6 Å². The molecule has 0 aliphatic heterocycles. The summed E-state index contributed by atoms with van der Waals surface area (Å²) in [5.74, 6) is 0.213. The summed E-state index contributed by atoms with van der Waals surface area (Å²) in [5.41, 5.74) is 7.32. The van der Waals surface area contributed by atoms with Crippen molar-refractivity contribution in [1.29, 1.82) is 0 Å². The Morgan fingerprint density at radius 3 is 2.57 bits per heavy atom. The highest BCUT2D eigenvalue weighted by atomic mass is 35.5. The first kappa shape index (κ1) is 15.8. The molecule has 1 amide bonds. The second-order valence-electron chi connectivity index (χ2n) is 5.19. The first-order valence-corrected chi connectivity index (χ1v) is 7.96. The minimum atomic E-state index is -0.0612. The molecular weight excluding hydrogens is 306 g/mol. The number of carbonyl (C=O) groups excluding carboxylic acids is 1. The maximum atomic E-state index is 12.2. The molecule has 0 saturated carbocycles. The fourth-order valence-corrected chi connectivity index (χ4v) is 2.79. The summed E-state index contributed by atoms with van der Waals surface area (Å²) >= 11 is 7.25. The predicted octanol–water partition coefficient (Wildman–Crippen LogP) is 3.43. The number of anilines is 1. The fraction of sp³-hybridized carbons (Fsp3) is 0.333. The van der Waals surface area contributed by atoms with Gasteiger partial charge in [0.25, 0.3) is 0 Å². The standard InChI is InChI=1S/C15H18ClN3OS/c1-9(2)14(10-3-5-11(16)6-4-10)19-13(20)7-12-8-21-15(17)18-12/h3-6,8-9,14H,7H2,1-2H3,(H2,17,18)(H,19,20). The first-order chi connectivity index (χ1) is 9.95. The van der Waals surface area contributed by atoms with Crippen LogP contribution in [-0.4, -0.2) is 10.9 Å². The van der Waals surface area contributed by atoms with Crippen molar-refractivity contribution in [2.45, 2.75) is 26.3 Å². The number of carbonyl (C=O) groups is 1. The number of nitrogens with one attached hydrogen (secondary N) is 1. The van der Waals surface area contributed by atoms with Crippen LogP contribution in [0.2, 0.25) is 5.02 Å². The summed E-state index contributed by atoms with van der Waals surface area (Å²) < 4.78 is 0. The van der Waals surface area contributed by atoms with Crippen molar-refractivity contribution in [3.63, 3.8) is 0 Å². The molecule has 4 nitrogen and oxygen atoms in total. The summed E-state index contributed by atoms with van der Waals surface area (Å²) in [5, 5.41) is 6.03. The van der Waals surface area contributed by atoms with Gasteiger partial charge in [0.05, 0.1) is 18.2 Å². The molecule has 3 N–H and O–H groups in total. The lowest BCUT2D eigenvalue weighted by Crippen LogP contribution is -2.32. The van der Waals surface area contributed by atoms with Crippen molar-refractivity contribution in [2.24, 2.45) is 5.92 Å². The molecule has 0 radical (unpaired) electrons. The fourth-order valence-electron chi connectivity index (χ4n) is 2.10. The van der Waals surface area contributed by atoms with Crippen molar-refractivity contribution in [1.82, 2.24) is 10.3 Å². The largest absolute Gasteiger partial charge is 0.375 e. The van der Waals surface area contributed by atoms with Crippen molar-refractivity contribution in [2.75, 3.05) is 5.73 Å². The molecule has 21 heavy (non-hydrogen) atoms. The quantitative estimate of drug-likeness (QED) is 0.885. The number of hydrogen-bond donors (Lipinski definition) is 2. The molecule has 1 atom stereocenters. The zero-order valence-electron chi connectivity index (χ0n) is 12.0. The number of benzene rings is 1. The van der Waals surface area contributed by atoms with Crippen LogP contribution in [0.4, 0.5) is 5.13 Å². The van der Waals surface area contributed by atoms with E-state index in [-0.39, 0.29) is 24.3 Å². The Kier molecular flexibility index (Phi) is 5.20. The molecule has 2 rings (SSSR count). The van der Waals surface area contributed by atoms with Gasteiger partial charge in [-0.1, -0.05) is 37.6 Å². The van der Waals surface area contributed by atoms with Crippen LogP contribution >= 0.6 is 22.9 Å². The third kappa shape index (κ3) is 4.44. The Balaban J connectivity index is 2.05. The highest BCUT2D eigenvalue weighted by molar-refractivity contribution is 7.13. The third-order valence-corrected chi connectivity index (χ3v) is 4.10. The minimum absolute atomic E-state index is 0.0502. The van der Waals surface area contributed by atoms with E-state index in [0.29, 0.717) is 15.8 Å². The van der Waals surface area contributed by atoms with Crippen LogP contribution in [0, 0.1) is 5.92 Å². The highest BCUT2D eigenvalue weighted by Crippen LogP contribution is 2.23. The van der Waals surface area contributed by atoms with Crippen LogP contribution in [0.1, 0.15) is 31.1 Å². The number of halogens is 1. The molecule has 1 heterocycles. The van der Waals surface area contributed by atoms with Gasteiger partial charge in [-0.3, -0.25) is 4.79 Å². The molecule has 112 valence electrons. The topological polar surface area (TPSA) is 68.0 Å². The predicted molar refractivity (Wildman–Crippen MR) is 87.4 cm³/mol. The van der Waals surface area contributed by atoms with Gasteiger partial charge < -0.3 is 11.1 Å². The first-order valence-electron chi connectivity index (χ1n) is 6.70. The van der Waals surface area contributed by atoms with E-state index in [2.05, 4.69) is 24.1 Å². The van der Waals surface area contributed by atoms with E-state index in [1.165, 1.54) is 11.3 Å². The number of rotatable bonds is 5. The number of nitrogens with zero attached hydrogens (tertiary/aromatic N) is 1. The third-order valence-electron chi connectivity index (χ3n) is 3.12. The molecule has 0 saturated heterocycles. The number of nitrogen functional groups attached to an aromatic ring is 1. The van der Waals surface area contributed by atoms with Gasteiger partial charge in [0.15, 0.2) is 5.13 Å². The Morgan fingerprint density at radius 1 is 1.38 bits per heavy atom. The van der Waals surface area contributed by atoms with E-state index in [1.807, 2.05) is 29.6 Å². The van der Waals surface area contributed by atoms with Crippen molar-refractivity contribution >= 4 is 34.0 Å². The second kappa shape index (κ2) is 6.91. The molecule has 0 aliphatic carbocycles. The van der Waals surface area contributed by atoms with Gasteiger partial charge in [-0.15, -0.1) is 11.3 Å². The maximum absolute atomic E-state index is 12.2. The molecule has 0 bridgehead atoms. The van der Waals surface area contributed by atoms with E-state index < -0.39 is 0 Å². The molecule has 1 aromatic carbocycles. The second-order valence-corrected chi connectivity index (χ2v) is 6.52. The van der Waals surface area contributed by atoms with Crippen LogP contribution in [0.3, 0.4) is 0 Å². The van der Waals surface area contributed by atoms with Gasteiger partial charge in [0.1, 0.15) is 0 Å². The maximum Gasteiger partial charge on any atom is 0.226 e. The Bertz CT molecular complexity index is 610. The van der Waals surface area contributed by atoms with E-state index >= 15 is 0 Å². The van der Waals surface area contributed by atoms with Crippen molar-refractivity contribution in [3.8, 4) is 0 Å². The zero-order valence-corrected chi connectivity index (χ0v) is 13.5. The van der Waals surface area contributed by atoms with E-state index in [9.17, 15) is 4.79 Å². The molecule has 0 aliphatic rings. The van der Waals surface area contributed by atoms with E-state index in [0.717, 1.165) is 5.56 Å². The Hall–Kier alpha value is -1.59. The molecule has 0 spiro atoms. The van der Waals surface area contributed by atoms with Gasteiger partial charge in [-0.2, -0.15) is 0 Å². The summed E-state index contributed by atoms with van der Waals surface area (Å²) in [6.07, 6.45) is 0.241. The van der Waals surface area contributed by atoms with Gasteiger partial charge >= 0.3 is 0 Å². The van der Waals surface area contributed by atoms with Crippen molar-refractivity contribution in [3.05, 3.63) is 45.9 Å². The van der Waals surface area contributed by atoms with Crippen LogP contribution < -0.4 is 11.1 Å². The highest BCUT2D eigenvalue weighted by Gasteiger charge is 2.19. The summed E-state index contributed by atoms with van der Waals surface area (Å²) in [6, 6.07) is 7.49. The number of aromatic nitrogens is 1. The van der Waals surface area contributed by atoms with Crippen LogP contribution in [0.5, 0.6) is 0 Å². The van der Waals surface area contributed by atoms with Crippen LogP contribution in [-0.2, 0) is 11.2 Å². The molecule has 2 aromatic rings. The lowest BCUT2D eigenvalue weighted by Gasteiger charge is -2.23. The average Bonchev–Trinajstić information content (AvgIpc) is 2.82. The lowest BCUT2D eigenvalue weighted by molar-refractivity contribution is -0.121.